The van der Waals surface area contributed by atoms with Gasteiger partial charge in [0.05, 0.1) is 19.3 Å². The maximum Gasteiger partial charge on any atom is 0.337 e. The van der Waals surface area contributed by atoms with Gasteiger partial charge in [0, 0.05) is 5.69 Å². The molecule has 0 spiro atoms. The predicted molar refractivity (Wildman–Crippen MR) is 71.0 cm³/mol. The minimum absolute atomic E-state index is 0.146. The van der Waals surface area contributed by atoms with Crippen LogP contribution < -0.4 is 11.1 Å². The van der Waals surface area contributed by atoms with Gasteiger partial charge in [-0.3, -0.25) is 4.79 Å². The van der Waals surface area contributed by atoms with Gasteiger partial charge in [0.2, 0.25) is 0 Å². The maximum absolute atomic E-state index is 11.7. The summed E-state index contributed by atoms with van der Waals surface area (Å²) >= 11 is 0. The van der Waals surface area contributed by atoms with E-state index in [1.165, 1.54) is 31.4 Å². The quantitative estimate of drug-likeness (QED) is 0.593. The average Bonchev–Trinajstić information content (AvgIpc) is 2.46. The van der Waals surface area contributed by atoms with Crippen molar-refractivity contribution in [1.82, 2.24) is 0 Å². The summed E-state index contributed by atoms with van der Waals surface area (Å²) in [5, 5.41) is 2.45. The summed E-state index contributed by atoms with van der Waals surface area (Å²) in [6.45, 7) is 1.77. The van der Waals surface area contributed by atoms with E-state index < -0.39 is 23.9 Å². The smallest absolute Gasteiger partial charge is 0.337 e. The zero-order valence-electron chi connectivity index (χ0n) is 11.2. The van der Waals surface area contributed by atoms with Crippen LogP contribution >= 0.6 is 0 Å². The van der Waals surface area contributed by atoms with Crippen LogP contribution in [0.25, 0.3) is 0 Å². The van der Waals surface area contributed by atoms with Crippen molar-refractivity contribution in [3.8, 4) is 0 Å². The van der Waals surface area contributed by atoms with E-state index >= 15 is 0 Å². The lowest BCUT2D eigenvalue weighted by atomic mass is 10.2. The molecule has 0 aliphatic heterocycles. The van der Waals surface area contributed by atoms with E-state index in [-0.39, 0.29) is 6.61 Å². The highest BCUT2D eigenvalue weighted by atomic mass is 16.5. The maximum atomic E-state index is 11.7. The molecule has 1 rings (SSSR count). The van der Waals surface area contributed by atoms with E-state index in [9.17, 15) is 14.4 Å². The van der Waals surface area contributed by atoms with Crippen molar-refractivity contribution in [2.45, 2.75) is 13.0 Å². The summed E-state index contributed by atoms with van der Waals surface area (Å²) < 4.78 is 9.19. The van der Waals surface area contributed by atoms with Gasteiger partial charge in [0.25, 0.3) is 5.91 Å². The van der Waals surface area contributed by atoms with Crippen molar-refractivity contribution >= 4 is 23.5 Å². The number of anilines is 1. The second-order valence-corrected chi connectivity index (χ2v) is 3.79. The molecule has 7 nitrogen and oxygen atoms in total. The number of nitrogens with two attached hydrogens (primary N) is 1. The largest absolute Gasteiger partial charge is 0.465 e. The highest BCUT2D eigenvalue weighted by molar-refractivity contribution is 6.08. The zero-order valence-corrected chi connectivity index (χ0v) is 11.2. The minimum atomic E-state index is -1.39. The molecule has 0 fully saturated rings. The first-order chi connectivity index (χ1) is 9.49. The number of amides is 1. The van der Waals surface area contributed by atoms with Crippen molar-refractivity contribution < 1.29 is 23.9 Å². The molecule has 0 bridgehead atoms. The van der Waals surface area contributed by atoms with Crippen LogP contribution in [0.2, 0.25) is 0 Å². The van der Waals surface area contributed by atoms with Gasteiger partial charge in [-0.15, -0.1) is 0 Å². The van der Waals surface area contributed by atoms with Crippen molar-refractivity contribution in [2.75, 3.05) is 19.0 Å². The van der Waals surface area contributed by atoms with Crippen molar-refractivity contribution in [3.05, 3.63) is 29.8 Å². The topological polar surface area (TPSA) is 108 Å². The van der Waals surface area contributed by atoms with Crippen LogP contribution in [0.4, 0.5) is 5.69 Å². The van der Waals surface area contributed by atoms with Crippen LogP contribution in [0.3, 0.4) is 0 Å². The Labute approximate surface area is 116 Å². The molecule has 0 aliphatic rings. The standard InChI is InChI=1S/C13H16N2O5/c1-3-20-13(18)10(14)11(16)15-9-6-4-8(5-7-9)12(17)19-2/h4-7,10H,3,14H2,1-2H3,(H,15,16). The van der Waals surface area contributed by atoms with Gasteiger partial charge in [-0.1, -0.05) is 0 Å². The molecule has 0 radical (unpaired) electrons. The molecule has 0 saturated heterocycles. The van der Waals surface area contributed by atoms with Gasteiger partial charge in [0.15, 0.2) is 6.04 Å². The fraction of sp³-hybridized carbons (Fsp3) is 0.308. The van der Waals surface area contributed by atoms with Crippen LogP contribution in [0.5, 0.6) is 0 Å². The molecule has 108 valence electrons. The van der Waals surface area contributed by atoms with Gasteiger partial charge in [-0.25, -0.2) is 9.59 Å². The lowest BCUT2D eigenvalue weighted by molar-refractivity contribution is -0.146. The van der Waals surface area contributed by atoms with E-state index in [0.29, 0.717) is 11.3 Å². The molecule has 0 saturated carbocycles. The number of nitrogens with one attached hydrogen (secondary N) is 1. The van der Waals surface area contributed by atoms with E-state index in [0.717, 1.165) is 0 Å². The Kier molecular flexibility index (Phi) is 5.67. The monoisotopic (exact) mass is 280 g/mol. The summed E-state index contributed by atoms with van der Waals surface area (Å²) in [6.07, 6.45) is 0. The molecule has 1 aromatic carbocycles. The van der Waals surface area contributed by atoms with Gasteiger partial charge in [-0.05, 0) is 31.2 Å². The Morgan fingerprint density at radius 3 is 2.35 bits per heavy atom. The fourth-order valence-electron chi connectivity index (χ4n) is 1.37. The molecule has 3 N–H and O–H groups in total. The number of hydrogen-bond acceptors (Lipinski definition) is 6. The Balaban J connectivity index is 2.67. The van der Waals surface area contributed by atoms with E-state index in [1.54, 1.807) is 6.92 Å². The minimum Gasteiger partial charge on any atom is -0.465 e. The highest BCUT2D eigenvalue weighted by Gasteiger charge is 2.23. The third-order valence-corrected chi connectivity index (χ3v) is 2.40. The number of benzene rings is 1. The lowest BCUT2D eigenvalue weighted by Gasteiger charge is -2.11. The van der Waals surface area contributed by atoms with Crippen LogP contribution in [-0.2, 0) is 19.1 Å². The molecular formula is C13H16N2O5. The second-order valence-electron chi connectivity index (χ2n) is 3.79. The summed E-state index contributed by atoms with van der Waals surface area (Å²) in [4.78, 5) is 34.2. The Morgan fingerprint density at radius 2 is 1.85 bits per heavy atom. The number of carbonyl (C=O) groups excluding carboxylic acids is 3. The summed E-state index contributed by atoms with van der Waals surface area (Å²) in [5.41, 5.74) is 6.19. The van der Waals surface area contributed by atoms with Gasteiger partial charge in [-0.2, -0.15) is 0 Å². The molecule has 20 heavy (non-hydrogen) atoms. The first-order valence-corrected chi connectivity index (χ1v) is 5.91. The van der Waals surface area contributed by atoms with Gasteiger partial charge < -0.3 is 20.5 Å². The van der Waals surface area contributed by atoms with Crippen LogP contribution in [0.1, 0.15) is 17.3 Å². The third-order valence-electron chi connectivity index (χ3n) is 2.40. The number of hydrogen-bond donors (Lipinski definition) is 2. The van der Waals surface area contributed by atoms with E-state index in [1.807, 2.05) is 0 Å². The van der Waals surface area contributed by atoms with E-state index in [2.05, 4.69) is 14.8 Å². The molecule has 0 aromatic heterocycles. The van der Waals surface area contributed by atoms with E-state index in [4.69, 9.17) is 5.73 Å². The summed E-state index contributed by atoms with van der Waals surface area (Å²) in [5.74, 6) is -1.96. The number of ether oxygens (including phenoxy) is 2. The molecule has 1 aromatic rings. The first-order valence-electron chi connectivity index (χ1n) is 5.91. The summed E-state index contributed by atoms with van der Waals surface area (Å²) in [7, 11) is 1.27. The molecular weight excluding hydrogens is 264 g/mol. The number of esters is 2. The Morgan fingerprint density at radius 1 is 1.25 bits per heavy atom. The van der Waals surface area contributed by atoms with Crippen molar-refractivity contribution in [1.29, 1.82) is 0 Å². The average molecular weight is 280 g/mol. The number of methoxy groups -OCH3 is 1. The van der Waals surface area contributed by atoms with Crippen molar-refractivity contribution in [3.63, 3.8) is 0 Å². The molecule has 0 aliphatic carbocycles. The zero-order chi connectivity index (χ0) is 15.1. The Bertz CT molecular complexity index is 498. The fourth-order valence-corrected chi connectivity index (χ4v) is 1.37. The van der Waals surface area contributed by atoms with Crippen LogP contribution in [-0.4, -0.2) is 37.6 Å². The number of rotatable bonds is 5. The SMILES string of the molecule is CCOC(=O)C(N)C(=O)Nc1ccc(C(=O)OC)cc1. The molecule has 0 heterocycles. The predicted octanol–water partition coefficient (Wildman–Crippen LogP) is 0.302. The highest BCUT2D eigenvalue weighted by Crippen LogP contribution is 2.10. The molecule has 7 heteroatoms. The van der Waals surface area contributed by atoms with Gasteiger partial charge >= 0.3 is 11.9 Å². The third kappa shape index (κ3) is 4.06. The van der Waals surface area contributed by atoms with Gasteiger partial charge in [0.1, 0.15) is 0 Å². The second kappa shape index (κ2) is 7.25. The molecule has 1 unspecified atom stereocenters. The normalized spacial score (nSPS) is 11.3. The van der Waals surface area contributed by atoms with Crippen LogP contribution in [0.15, 0.2) is 24.3 Å². The van der Waals surface area contributed by atoms with Crippen molar-refractivity contribution in [2.24, 2.45) is 5.73 Å². The van der Waals surface area contributed by atoms with Crippen LogP contribution in [0, 0.1) is 0 Å². The Hall–Kier alpha value is -2.41. The summed E-state index contributed by atoms with van der Waals surface area (Å²) in [6, 6.07) is 4.58. The lowest BCUT2D eigenvalue weighted by Crippen LogP contribution is -2.43. The first kappa shape index (κ1) is 15.6. The number of carbonyl (C=O) groups is 3. The molecule has 1 atom stereocenters. The molecule has 1 amide bonds.